The van der Waals surface area contributed by atoms with Crippen LogP contribution in [0.3, 0.4) is 0 Å². The zero-order valence-corrected chi connectivity index (χ0v) is 15.1. The van der Waals surface area contributed by atoms with Crippen LogP contribution in [0.25, 0.3) is 0 Å². The van der Waals surface area contributed by atoms with Gasteiger partial charge in [-0.25, -0.2) is 13.1 Å². The summed E-state index contributed by atoms with van der Waals surface area (Å²) in [5.41, 5.74) is -0.508. The Balaban J connectivity index is 2.22. The van der Waals surface area contributed by atoms with Crippen LogP contribution in [-0.4, -0.2) is 53.8 Å². The van der Waals surface area contributed by atoms with Gasteiger partial charge in [0.1, 0.15) is 10.6 Å². The lowest BCUT2D eigenvalue weighted by Gasteiger charge is -2.37. The second-order valence-corrected chi connectivity index (χ2v) is 7.84. The van der Waals surface area contributed by atoms with Crippen LogP contribution in [0, 0.1) is 15.5 Å². The first-order valence-electron chi connectivity index (χ1n) is 7.85. The number of non-ortho nitro benzene ring substituents is 1. The van der Waals surface area contributed by atoms with E-state index in [9.17, 15) is 18.5 Å². The average molecular weight is 373 g/mol. The first-order valence-corrected chi connectivity index (χ1v) is 9.34. The van der Waals surface area contributed by atoms with E-state index < -0.39 is 14.9 Å². The number of benzene rings is 1. The van der Waals surface area contributed by atoms with Crippen molar-refractivity contribution in [2.75, 3.05) is 40.5 Å². The molecule has 1 aliphatic heterocycles. The van der Waals surface area contributed by atoms with E-state index in [0.29, 0.717) is 6.61 Å². The lowest BCUT2D eigenvalue weighted by Crippen LogP contribution is -2.47. The minimum Gasteiger partial charge on any atom is -0.495 e. The molecule has 0 aliphatic carbocycles. The van der Waals surface area contributed by atoms with Crippen molar-refractivity contribution in [1.29, 1.82) is 0 Å². The zero-order chi connectivity index (χ0) is 18.5. The second kappa shape index (κ2) is 8.09. The minimum absolute atomic E-state index is 0.0622. The Kier molecular flexibility index (Phi) is 6.33. The normalized spacial score (nSPS) is 17.2. The van der Waals surface area contributed by atoms with Crippen LogP contribution in [-0.2, 0) is 14.8 Å². The van der Waals surface area contributed by atoms with Gasteiger partial charge >= 0.3 is 0 Å². The number of sulfonamides is 1. The topological polar surface area (TPSA) is 120 Å². The van der Waals surface area contributed by atoms with Crippen LogP contribution in [0.5, 0.6) is 5.75 Å². The Morgan fingerprint density at radius 3 is 2.56 bits per heavy atom. The summed E-state index contributed by atoms with van der Waals surface area (Å²) in [7, 11) is -1.00. The molecule has 0 unspecified atom stereocenters. The molecule has 140 valence electrons. The zero-order valence-electron chi connectivity index (χ0n) is 14.3. The molecule has 0 atom stereocenters. The van der Waals surface area contributed by atoms with Crippen LogP contribution in [0.1, 0.15) is 12.8 Å². The maximum absolute atomic E-state index is 12.7. The first-order chi connectivity index (χ1) is 11.8. The summed E-state index contributed by atoms with van der Waals surface area (Å²) in [6.07, 6.45) is 1.58. The standard InChI is InChI=1S/C15H23N3O6S/c1-23-11-15(5-7-16-8-6-15)10-17-25(21,22)14-4-3-12(18(19)20)9-13(14)24-2/h3-4,9,16-17H,5-8,10-11H2,1-2H3. The highest BCUT2D eigenvalue weighted by molar-refractivity contribution is 7.89. The number of nitro groups is 1. The van der Waals surface area contributed by atoms with Gasteiger partial charge in [0.05, 0.1) is 24.7 Å². The van der Waals surface area contributed by atoms with Gasteiger partial charge in [0.25, 0.3) is 5.69 Å². The Hall–Kier alpha value is -1.75. The molecule has 0 amide bonds. The lowest BCUT2D eigenvalue weighted by molar-refractivity contribution is -0.385. The number of nitrogens with zero attached hydrogens (tertiary/aromatic N) is 1. The molecule has 9 nitrogen and oxygen atoms in total. The van der Waals surface area contributed by atoms with Crippen molar-refractivity contribution in [3.8, 4) is 5.75 Å². The van der Waals surface area contributed by atoms with Gasteiger partial charge in [0.15, 0.2) is 0 Å². The van der Waals surface area contributed by atoms with Gasteiger partial charge in [-0.2, -0.15) is 0 Å². The highest BCUT2D eigenvalue weighted by Crippen LogP contribution is 2.31. The quantitative estimate of drug-likeness (QED) is 0.513. The highest BCUT2D eigenvalue weighted by Gasteiger charge is 2.34. The van der Waals surface area contributed by atoms with E-state index >= 15 is 0 Å². The summed E-state index contributed by atoms with van der Waals surface area (Å²) >= 11 is 0. The lowest BCUT2D eigenvalue weighted by atomic mass is 9.80. The third kappa shape index (κ3) is 4.66. The maximum atomic E-state index is 12.7. The third-order valence-electron chi connectivity index (χ3n) is 4.40. The Bertz CT molecular complexity index is 710. The molecule has 1 aromatic rings. The molecule has 1 saturated heterocycles. The summed E-state index contributed by atoms with van der Waals surface area (Å²) < 4.78 is 38.2. The third-order valence-corrected chi connectivity index (χ3v) is 5.84. The van der Waals surface area contributed by atoms with Gasteiger partial charge < -0.3 is 14.8 Å². The van der Waals surface area contributed by atoms with Crippen molar-refractivity contribution in [1.82, 2.24) is 10.0 Å². The number of piperidine rings is 1. The number of rotatable bonds is 8. The molecule has 1 aromatic carbocycles. The molecule has 0 radical (unpaired) electrons. The van der Waals surface area contributed by atoms with E-state index in [0.717, 1.165) is 38.1 Å². The largest absolute Gasteiger partial charge is 0.495 e. The van der Waals surface area contributed by atoms with Crippen LogP contribution < -0.4 is 14.8 Å². The number of nitro benzene ring substituents is 1. The molecule has 0 aromatic heterocycles. The minimum atomic E-state index is -3.87. The number of ether oxygens (including phenoxy) is 2. The summed E-state index contributed by atoms with van der Waals surface area (Å²) in [6.45, 7) is 2.28. The van der Waals surface area contributed by atoms with Crippen LogP contribution in [0.2, 0.25) is 0 Å². The van der Waals surface area contributed by atoms with E-state index in [1.165, 1.54) is 13.2 Å². The first kappa shape index (κ1) is 19.6. The molecule has 0 saturated carbocycles. The van der Waals surface area contributed by atoms with Crippen molar-refractivity contribution >= 4 is 15.7 Å². The van der Waals surface area contributed by atoms with E-state index in [1.807, 2.05) is 0 Å². The molecular weight excluding hydrogens is 350 g/mol. The van der Waals surface area contributed by atoms with Crippen LogP contribution in [0.15, 0.2) is 23.1 Å². The number of hydrogen-bond acceptors (Lipinski definition) is 7. The summed E-state index contributed by atoms with van der Waals surface area (Å²) in [5, 5.41) is 14.1. The highest BCUT2D eigenvalue weighted by atomic mass is 32.2. The molecule has 1 heterocycles. The van der Waals surface area contributed by atoms with Crippen molar-refractivity contribution in [3.05, 3.63) is 28.3 Å². The van der Waals surface area contributed by atoms with Crippen molar-refractivity contribution in [2.24, 2.45) is 5.41 Å². The Morgan fingerprint density at radius 1 is 1.32 bits per heavy atom. The van der Waals surface area contributed by atoms with Gasteiger partial charge in [-0.3, -0.25) is 10.1 Å². The van der Waals surface area contributed by atoms with Gasteiger partial charge in [-0.05, 0) is 32.0 Å². The SMILES string of the molecule is COCC1(CNS(=O)(=O)c2ccc([N+](=O)[O-])cc2OC)CCNCC1. The smallest absolute Gasteiger partial charge is 0.273 e. The second-order valence-electron chi connectivity index (χ2n) is 6.10. The molecule has 1 aliphatic rings. The summed E-state index contributed by atoms with van der Waals surface area (Å²) in [6, 6.07) is 3.43. The number of hydrogen-bond donors (Lipinski definition) is 2. The van der Waals surface area contributed by atoms with Crippen LogP contribution in [0.4, 0.5) is 5.69 Å². The molecule has 2 rings (SSSR count). The van der Waals surface area contributed by atoms with Crippen LogP contribution >= 0.6 is 0 Å². The molecule has 0 spiro atoms. The van der Waals surface area contributed by atoms with E-state index in [1.54, 1.807) is 7.11 Å². The fraction of sp³-hybridized carbons (Fsp3) is 0.600. The molecule has 1 fully saturated rings. The number of nitrogens with one attached hydrogen (secondary N) is 2. The van der Waals surface area contributed by atoms with Crippen molar-refractivity contribution < 1.29 is 22.8 Å². The molecule has 25 heavy (non-hydrogen) atoms. The van der Waals surface area contributed by atoms with Crippen molar-refractivity contribution in [3.63, 3.8) is 0 Å². The fourth-order valence-electron chi connectivity index (χ4n) is 2.95. The summed E-state index contributed by atoms with van der Waals surface area (Å²) in [5.74, 6) is -0.0622. The molecule has 10 heteroatoms. The molecular formula is C15H23N3O6S. The van der Waals surface area contributed by atoms with Gasteiger partial charge in [-0.1, -0.05) is 0 Å². The predicted octanol–water partition coefficient (Wildman–Crippen LogP) is 0.898. The maximum Gasteiger partial charge on any atom is 0.273 e. The predicted molar refractivity (Wildman–Crippen MR) is 91.2 cm³/mol. The number of methoxy groups -OCH3 is 2. The summed E-state index contributed by atoms with van der Waals surface area (Å²) in [4.78, 5) is 10.1. The average Bonchev–Trinajstić information content (AvgIpc) is 2.60. The monoisotopic (exact) mass is 373 g/mol. The molecule has 0 bridgehead atoms. The Labute approximate surface area is 146 Å². The van der Waals surface area contributed by atoms with Gasteiger partial charge in [0.2, 0.25) is 10.0 Å². The van der Waals surface area contributed by atoms with E-state index in [2.05, 4.69) is 10.0 Å². The van der Waals surface area contributed by atoms with E-state index in [4.69, 9.17) is 9.47 Å². The molecule has 2 N–H and O–H groups in total. The van der Waals surface area contributed by atoms with E-state index in [-0.39, 0.29) is 28.3 Å². The Morgan fingerprint density at radius 2 is 2.00 bits per heavy atom. The van der Waals surface area contributed by atoms with Crippen molar-refractivity contribution in [2.45, 2.75) is 17.7 Å². The van der Waals surface area contributed by atoms with Gasteiger partial charge in [-0.15, -0.1) is 0 Å². The van der Waals surface area contributed by atoms with Gasteiger partial charge in [0, 0.05) is 25.1 Å². The fourth-order valence-corrected chi connectivity index (χ4v) is 4.26.